The van der Waals surface area contributed by atoms with E-state index in [0.717, 1.165) is 11.1 Å². The number of hydrogen-bond acceptors (Lipinski definition) is 6. The molecule has 9 nitrogen and oxygen atoms in total. The molecule has 0 aromatic heterocycles. The molecule has 184 valence electrons. The zero-order valence-electron chi connectivity index (χ0n) is 20.5. The minimum Gasteiger partial charge on any atom is -0.489 e. The molecule has 0 saturated carbocycles. The van der Waals surface area contributed by atoms with Crippen LogP contribution in [0.2, 0.25) is 0 Å². The summed E-state index contributed by atoms with van der Waals surface area (Å²) >= 11 is 0. The first kappa shape index (κ1) is 26.2. The SMILES string of the molecule is [B]C1([B])OCC(=O)N(Cc2ccc(COc3cccc4c3CN(C3CCC(=O)NC3=O)C4=O)cc2)C1([B])[B]. The van der Waals surface area contributed by atoms with Gasteiger partial charge in [-0.25, -0.2) is 0 Å². The van der Waals surface area contributed by atoms with Crippen LogP contribution in [-0.2, 0) is 38.8 Å². The lowest BCUT2D eigenvalue weighted by Gasteiger charge is -2.55. The normalized spacial score (nSPS) is 22.3. The fraction of sp³-hybridized carbons (Fsp3) is 0.360. The van der Waals surface area contributed by atoms with E-state index in [2.05, 4.69) is 5.32 Å². The summed E-state index contributed by atoms with van der Waals surface area (Å²) in [4.78, 5) is 51.8. The Hall–Kier alpha value is -3.46. The number of nitrogens with zero attached hydrogens (tertiary/aromatic N) is 2. The Bertz CT molecular complexity index is 1320. The van der Waals surface area contributed by atoms with E-state index in [-0.39, 0.29) is 51.0 Å². The number of carbonyl (C=O) groups excluding carboxylic acids is 4. The number of imide groups is 1. The van der Waals surface area contributed by atoms with Crippen molar-refractivity contribution in [2.24, 2.45) is 0 Å². The van der Waals surface area contributed by atoms with E-state index < -0.39 is 28.6 Å². The van der Waals surface area contributed by atoms with Gasteiger partial charge in [-0.15, -0.1) is 0 Å². The van der Waals surface area contributed by atoms with Crippen LogP contribution in [0.3, 0.4) is 0 Å². The molecule has 0 aliphatic carbocycles. The zero-order valence-corrected chi connectivity index (χ0v) is 20.5. The molecule has 1 unspecified atom stereocenters. The topological polar surface area (TPSA) is 105 Å². The van der Waals surface area contributed by atoms with E-state index in [1.807, 2.05) is 12.1 Å². The Morgan fingerprint density at radius 3 is 2.42 bits per heavy atom. The van der Waals surface area contributed by atoms with Gasteiger partial charge in [-0.3, -0.25) is 24.5 Å². The predicted octanol–water partition coefficient (Wildman–Crippen LogP) is -0.633. The average Bonchev–Trinajstić information content (AvgIpc) is 3.21. The molecule has 2 aromatic carbocycles. The summed E-state index contributed by atoms with van der Waals surface area (Å²) in [6, 6.07) is 11.8. The van der Waals surface area contributed by atoms with E-state index in [4.69, 9.17) is 40.9 Å². The van der Waals surface area contributed by atoms with Crippen LogP contribution in [0.15, 0.2) is 42.5 Å². The van der Waals surface area contributed by atoms with Gasteiger partial charge in [0.2, 0.25) is 17.7 Å². The van der Waals surface area contributed by atoms with Gasteiger partial charge in [0.05, 0.1) is 22.2 Å². The fourth-order valence-corrected chi connectivity index (χ4v) is 4.79. The Labute approximate surface area is 225 Å². The van der Waals surface area contributed by atoms with Gasteiger partial charge in [0.15, 0.2) is 0 Å². The van der Waals surface area contributed by atoms with Gasteiger partial charge >= 0.3 is 0 Å². The number of amides is 4. The first-order chi connectivity index (χ1) is 18.0. The first-order valence-corrected chi connectivity index (χ1v) is 12.0. The number of nitrogens with one attached hydrogen (secondary N) is 1. The summed E-state index contributed by atoms with van der Waals surface area (Å²) in [7, 11) is 23.7. The largest absolute Gasteiger partial charge is 0.489 e. The quantitative estimate of drug-likeness (QED) is 0.417. The van der Waals surface area contributed by atoms with Gasteiger partial charge in [-0.2, -0.15) is 0 Å². The summed E-state index contributed by atoms with van der Waals surface area (Å²) in [6.07, 6.45) is 0.475. The van der Waals surface area contributed by atoms with Crippen LogP contribution in [0.25, 0.3) is 0 Å². The van der Waals surface area contributed by atoms with Crippen molar-refractivity contribution >= 4 is 55.0 Å². The van der Waals surface area contributed by atoms with Gasteiger partial charge < -0.3 is 19.3 Å². The highest BCUT2D eigenvalue weighted by molar-refractivity contribution is 6.54. The molecule has 2 aromatic rings. The number of carbonyl (C=O) groups is 4. The van der Waals surface area contributed by atoms with Crippen molar-refractivity contribution in [2.75, 3.05) is 6.61 Å². The van der Waals surface area contributed by atoms with Gasteiger partial charge in [0.25, 0.3) is 5.91 Å². The summed E-state index contributed by atoms with van der Waals surface area (Å²) in [5.74, 6) is -0.968. The third-order valence-electron chi connectivity index (χ3n) is 7.11. The monoisotopic (exact) mass is 503 g/mol. The number of morpholine rings is 1. The van der Waals surface area contributed by atoms with E-state index in [1.54, 1.807) is 30.3 Å². The second-order valence-electron chi connectivity index (χ2n) is 9.67. The molecule has 3 aliphatic heterocycles. The summed E-state index contributed by atoms with van der Waals surface area (Å²) < 4.78 is 11.1. The molecule has 2 fully saturated rings. The third kappa shape index (κ3) is 4.64. The van der Waals surface area contributed by atoms with Crippen molar-refractivity contribution in [2.45, 2.75) is 49.3 Å². The molecule has 1 atom stereocenters. The molecule has 3 aliphatic rings. The first-order valence-electron chi connectivity index (χ1n) is 12.0. The van der Waals surface area contributed by atoms with E-state index >= 15 is 0 Å². The van der Waals surface area contributed by atoms with Crippen LogP contribution in [0.4, 0.5) is 0 Å². The average molecular weight is 503 g/mol. The molecule has 2 saturated heterocycles. The minimum absolute atomic E-state index is 0.0803. The minimum atomic E-state index is -1.91. The van der Waals surface area contributed by atoms with Crippen LogP contribution >= 0.6 is 0 Å². The number of ether oxygens (including phenoxy) is 2. The van der Waals surface area contributed by atoms with E-state index in [1.165, 1.54) is 9.80 Å². The number of fused-ring (bicyclic) bond motifs is 1. The molecule has 0 bridgehead atoms. The van der Waals surface area contributed by atoms with Crippen molar-refractivity contribution in [3.8, 4) is 5.75 Å². The van der Waals surface area contributed by atoms with Crippen molar-refractivity contribution in [3.63, 3.8) is 0 Å². The highest BCUT2D eigenvalue weighted by Gasteiger charge is 2.46. The van der Waals surface area contributed by atoms with Crippen molar-refractivity contribution in [1.29, 1.82) is 0 Å². The lowest BCUT2D eigenvalue weighted by Crippen LogP contribution is -2.72. The molecule has 13 heteroatoms. The van der Waals surface area contributed by atoms with Gasteiger partial charge in [0.1, 0.15) is 40.7 Å². The molecule has 5 rings (SSSR count). The lowest BCUT2D eigenvalue weighted by molar-refractivity contribution is -0.153. The van der Waals surface area contributed by atoms with Crippen LogP contribution in [0, 0.1) is 0 Å². The van der Waals surface area contributed by atoms with Crippen LogP contribution in [0.1, 0.15) is 39.9 Å². The Balaban J connectivity index is 1.25. The van der Waals surface area contributed by atoms with Crippen LogP contribution in [0.5, 0.6) is 5.75 Å². The zero-order chi connectivity index (χ0) is 27.2. The maximum absolute atomic E-state index is 13.0. The molecule has 4 amide bonds. The number of benzene rings is 2. The van der Waals surface area contributed by atoms with E-state index in [0.29, 0.717) is 16.9 Å². The summed E-state index contributed by atoms with van der Waals surface area (Å²) in [5.41, 5.74) is 2.75. The number of rotatable bonds is 6. The molecular weight excluding hydrogens is 482 g/mol. The number of piperidine rings is 1. The molecular formula is C25H21B4N3O6. The lowest BCUT2D eigenvalue weighted by atomic mass is 9.39. The Morgan fingerprint density at radius 1 is 1.00 bits per heavy atom. The molecule has 38 heavy (non-hydrogen) atoms. The second kappa shape index (κ2) is 9.69. The van der Waals surface area contributed by atoms with Crippen molar-refractivity contribution in [1.82, 2.24) is 15.1 Å². The highest BCUT2D eigenvalue weighted by Crippen LogP contribution is 2.34. The molecule has 8 radical (unpaired) electrons. The Morgan fingerprint density at radius 2 is 1.71 bits per heavy atom. The molecule has 0 spiro atoms. The summed E-state index contributed by atoms with van der Waals surface area (Å²) in [5, 5.41) is -1.51. The maximum atomic E-state index is 13.0. The van der Waals surface area contributed by atoms with Crippen LogP contribution < -0.4 is 10.1 Å². The maximum Gasteiger partial charge on any atom is 0.255 e. The van der Waals surface area contributed by atoms with Crippen molar-refractivity contribution in [3.05, 3.63) is 64.7 Å². The molecule has 3 heterocycles. The fourth-order valence-electron chi connectivity index (χ4n) is 4.79. The molecule has 1 N–H and O–H groups in total. The van der Waals surface area contributed by atoms with Gasteiger partial charge in [-0.1, -0.05) is 30.3 Å². The predicted molar refractivity (Wildman–Crippen MR) is 138 cm³/mol. The van der Waals surface area contributed by atoms with Crippen LogP contribution in [-0.4, -0.2) is 88.2 Å². The Kier molecular flexibility index (Phi) is 6.67. The standard InChI is InChI=1S/C25H21B4N3O6/c26-24(27)25(28,29)38-13-21(34)32(24)10-14-4-6-15(7-5-14)12-37-19-3-1-2-16-17(19)11-31(23(16)36)18-8-9-20(33)30-22(18)35/h1-7,18H,8-13H2,(H,30,33,35). The van der Waals surface area contributed by atoms with Gasteiger partial charge in [-0.05, 0) is 40.4 Å². The summed E-state index contributed by atoms with van der Waals surface area (Å²) in [6.45, 7) is 0.177. The third-order valence-corrected chi connectivity index (χ3v) is 7.11. The number of hydrogen-bond donors (Lipinski definition) is 1. The van der Waals surface area contributed by atoms with Crippen molar-refractivity contribution < 1.29 is 28.7 Å². The second-order valence-corrected chi connectivity index (χ2v) is 9.67. The van der Waals surface area contributed by atoms with Gasteiger partial charge in [0, 0.05) is 24.1 Å². The van der Waals surface area contributed by atoms with E-state index in [9.17, 15) is 19.2 Å². The smallest absolute Gasteiger partial charge is 0.255 e. The highest BCUT2D eigenvalue weighted by atomic mass is 16.5.